The van der Waals surface area contributed by atoms with E-state index in [0.29, 0.717) is 20.9 Å². The summed E-state index contributed by atoms with van der Waals surface area (Å²) < 4.78 is 0. The lowest BCUT2D eigenvalue weighted by Gasteiger charge is -2.20. The van der Waals surface area contributed by atoms with Crippen LogP contribution in [0.1, 0.15) is 214 Å². The van der Waals surface area contributed by atoms with Gasteiger partial charge in [0.05, 0.1) is 9.81 Å². The number of hydrogen-bond acceptors (Lipinski definition) is 4. The van der Waals surface area contributed by atoms with E-state index in [0.717, 1.165) is 24.3 Å². The van der Waals surface area contributed by atoms with Crippen LogP contribution in [-0.4, -0.2) is 23.1 Å². The highest BCUT2D eigenvalue weighted by Crippen LogP contribution is 2.39. The Labute approximate surface area is 293 Å². The van der Waals surface area contributed by atoms with Gasteiger partial charge in [0.25, 0.3) is 0 Å². The maximum Gasteiger partial charge on any atom is 0.201 e. The number of allylic oxidation sites excluding steroid dienone is 2. The van der Waals surface area contributed by atoms with Crippen LogP contribution in [0.4, 0.5) is 0 Å². The lowest BCUT2D eigenvalue weighted by atomic mass is 9.94. The molecule has 0 aromatic heterocycles. The average Bonchev–Trinajstić information content (AvgIpc) is 3.07. The van der Waals surface area contributed by atoms with Crippen molar-refractivity contribution in [2.45, 2.75) is 194 Å². The number of hydrogen-bond donors (Lipinski definition) is 0. The van der Waals surface area contributed by atoms with E-state index in [9.17, 15) is 9.59 Å². The molecular formula is C42H70O2S2. The molecule has 1 aliphatic carbocycles. The Bertz CT molecular complexity index is 878. The minimum atomic E-state index is 0.0639. The summed E-state index contributed by atoms with van der Waals surface area (Å²) in [7, 11) is 0. The molecule has 0 atom stereocenters. The molecule has 46 heavy (non-hydrogen) atoms. The first-order valence-electron chi connectivity index (χ1n) is 19.9. The van der Waals surface area contributed by atoms with Gasteiger partial charge in [0.2, 0.25) is 11.6 Å². The van der Waals surface area contributed by atoms with E-state index < -0.39 is 0 Å². The highest BCUT2D eigenvalue weighted by Gasteiger charge is 2.32. The second-order valence-electron chi connectivity index (χ2n) is 13.8. The van der Waals surface area contributed by atoms with Crippen molar-refractivity contribution < 1.29 is 9.59 Å². The third-order valence-electron chi connectivity index (χ3n) is 9.52. The monoisotopic (exact) mass is 670 g/mol. The fraction of sp³-hybridized carbons (Fsp3) is 0.762. The zero-order valence-corrected chi connectivity index (χ0v) is 31.8. The molecule has 262 valence electrons. The number of carbonyl (C=O) groups excluding carboxylic acids is 2. The van der Waals surface area contributed by atoms with Crippen LogP contribution in [0.5, 0.6) is 0 Å². The number of rotatable bonds is 32. The number of thioether (sulfide) groups is 2. The van der Waals surface area contributed by atoms with Crippen molar-refractivity contribution in [3.8, 4) is 0 Å². The van der Waals surface area contributed by atoms with Gasteiger partial charge in [0.1, 0.15) is 0 Å². The molecule has 0 aliphatic heterocycles. The Morgan fingerprint density at radius 3 is 0.870 bits per heavy atom. The largest absolute Gasteiger partial charge is 0.288 e. The summed E-state index contributed by atoms with van der Waals surface area (Å²) in [6.07, 6.45) is 37.8. The van der Waals surface area contributed by atoms with Gasteiger partial charge in [-0.1, -0.05) is 205 Å². The number of unbranched alkanes of at least 4 members (excludes halogenated alkanes) is 26. The van der Waals surface area contributed by atoms with E-state index in [-0.39, 0.29) is 11.6 Å². The standard InChI is InChI=1S/C42H70O2S2/c1-3-5-7-9-11-13-15-17-19-21-23-25-27-31-35-45-41-39(43)37-33-29-30-34-38(37)40(44)42(41)46-36-32-28-26-24-22-20-18-16-14-12-10-8-6-4-2/h29-30,33-34H,3-28,31-32,35-36H2,1-2H3. The highest BCUT2D eigenvalue weighted by molar-refractivity contribution is 8.08. The van der Waals surface area contributed by atoms with Crippen molar-refractivity contribution >= 4 is 35.1 Å². The maximum absolute atomic E-state index is 13.5. The Hall–Kier alpha value is -1.00. The van der Waals surface area contributed by atoms with Gasteiger partial charge >= 0.3 is 0 Å². The molecular weight excluding hydrogens is 601 g/mol. The van der Waals surface area contributed by atoms with Gasteiger partial charge in [-0.3, -0.25) is 9.59 Å². The molecule has 0 amide bonds. The van der Waals surface area contributed by atoms with Crippen LogP contribution in [0.2, 0.25) is 0 Å². The van der Waals surface area contributed by atoms with Crippen LogP contribution in [0.15, 0.2) is 34.1 Å². The van der Waals surface area contributed by atoms with E-state index in [2.05, 4.69) is 13.8 Å². The Balaban J connectivity index is 1.60. The van der Waals surface area contributed by atoms with Gasteiger partial charge in [0.15, 0.2) is 0 Å². The smallest absolute Gasteiger partial charge is 0.201 e. The summed E-state index contributed by atoms with van der Waals surface area (Å²) in [6.45, 7) is 4.57. The molecule has 0 unspecified atom stereocenters. The molecule has 1 aromatic carbocycles. The van der Waals surface area contributed by atoms with Crippen LogP contribution >= 0.6 is 23.5 Å². The molecule has 2 nitrogen and oxygen atoms in total. The van der Waals surface area contributed by atoms with Gasteiger partial charge in [-0.25, -0.2) is 0 Å². The Morgan fingerprint density at radius 2 is 0.609 bits per heavy atom. The van der Waals surface area contributed by atoms with Crippen molar-refractivity contribution in [3.63, 3.8) is 0 Å². The normalized spacial score (nSPS) is 13.2. The summed E-state index contributed by atoms with van der Waals surface area (Å²) in [6, 6.07) is 7.43. The average molecular weight is 671 g/mol. The third kappa shape index (κ3) is 18.5. The van der Waals surface area contributed by atoms with Crippen molar-refractivity contribution in [1.29, 1.82) is 0 Å². The molecule has 1 aliphatic rings. The molecule has 2 rings (SSSR count). The van der Waals surface area contributed by atoms with Gasteiger partial charge in [-0.2, -0.15) is 0 Å². The van der Waals surface area contributed by atoms with Gasteiger partial charge in [-0.15, -0.1) is 23.5 Å². The summed E-state index contributed by atoms with van der Waals surface area (Å²) in [4.78, 5) is 28.4. The second-order valence-corrected chi connectivity index (χ2v) is 16.0. The number of Topliss-reactive ketones (excluding diaryl/α,β-unsaturated/α-hetero) is 2. The molecule has 0 bridgehead atoms. The van der Waals surface area contributed by atoms with Gasteiger partial charge in [-0.05, 0) is 24.3 Å². The predicted molar refractivity (Wildman–Crippen MR) is 208 cm³/mol. The van der Waals surface area contributed by atoms with Crippen LogP contribution in [0.25, 0.3) is 0 Å². The minimum absolute atomic E-state index is 0.0639. The van der Waals surface area contributed by atoms with Crippen molar-refractivity contribution in [1.82, 2.24) is 0 Å². The number of benzene rings is 1. The molecule has 4 heteroatoms. The van der Waals surface area contributed by atoms with E-state index >= 15 is 0 Å². The lowest BCUT2D eigenvalue weighted by molar-refractivity contribution is 0.0988. The predicted octanol–water partition coefficient (Wildman–Crippen LogP) is 14.7. The summed E-state index contributed by atoms with van der Waals surface area (Å²) in [5.41, 5.74) is 1.19. The first-order chi connectivity index (χ1) is 22.7. The Morgan fingerprint density at radius 1 is 0.370 bits per heavy atom. The Kier molecular flexibility index (Phi) is 25.9. The molecule has 0 radical (unpaired) electrons. The summed E-state index contributed by atoms with van der Waals surface area (Å²) >= 11 is 3.28. The van der Waals surface area contributed by atoms with E-state index in [4.69, 9.17) is 0 Å². The first kappa shape index (κ1) is 41.2. The third-order valence-corrected chi connectivity index (χ3v) is 12.0. The molecule has 0 fully saturated rings. The van der Waals surface area contributed by atoms with Crippen LogP contribution < -0.4 is 0 Å². The molecule has 1 aromatic rings. The zero-order chi connectivity index (χ0) is 32.9. The second kappa shape index (κ2) is 29.0. The topological polar surface area (TPSA) is 34.1 Å². The minimum Gasteiger partial charge on any atom is -0.288 e. The highest BCUT2D eigenvalue weighted by atomic mass is 32.2. The fourth-order valence-electron chi connectivity index (χ4n) is 6.53. The zero-order valence-electron chi connectivity index (χ0n) is 30.2. The van der Waals surface area contributed by atoms with Gasteiger partial charge < -0.3 is 0 Å². The van der Waals surface area contributed by atoms with Gasteiger partial charge in [0, 0.05) is 11.1 Å². The maximum atomic E-state index is 13.5. The molecule has 0 saturated heterocycles. The van der Waals surface area contributed by atoms with Crippen molar-refractivity contribution in [2.75, 3.05) is 11.5 Å². The van der Waals surface area contributed by atoms with Crippen LogP contribution in [0.3, 0.4) is 0 Å². The van der Waals surface area contributed by atoms with E-state index in [1.165, 1.54) is 167 Å². The van der Waals surface area contributed by atoms with Crippen molar-refractivity contribution in [2.24, 2.45) is 0 Å². The first-order valence-corrected chi connectivity index (χ1v) is 21.9. The molecule has 0 spiro atoms. The van der Waals surface area contributed by atoms with E-state index in [1.807, 2.05) is 24.3 Å². The van der Waals surface area contributed by atoms with Crippen LogP contribution in [-0.2, 0) is 0 Å². The quantitative estimate of drug-likeness (QED) is 0.0715. The molecule has 0 saturated carbocycles. The number of carbonyl (C=O) groups is 2. The lowest BCUT2D eigenvalue weighted by Crippen LogP contribution is -2.20. The molecule has 0 N–H and O–H groups in total. The van der Waals surface area contributed by atoms with Crippen LogP contribution in [0, 0.1) is 0 Å². The fourth-order valence-corrected chi connectivity index (χ4v) is 8.92. The van der Waals surface area contributed by atoms with E-state index in [1.54, 1.807) is 23.5 Å². The number of ketones is 2. The van der Waals surface area contributed by atoms with Crippen molar-refractivity contribution in [3.05, 3.63) is 45.2 Å². The SMILES string of the molecule is CCCCCCCCCCCCCCCCSC1=C(SCCCCCCCCCCCCCCCC)C(=O)c2ccccc2C1=O. The summed E-state index contributed by atoms with van der Waals surface area (Å²) in [5.74, 6) is 1.98. The summed E-state index contributed by atoms with van der Waals surface area (Å²) in [5, 5.41) is 0. The number of fused-ring (bicyclic) bond motifs is 1. The molecule has 0 heterocycles.